The summed E-state index contributed by atoms with van der Waals surface area (Å²) in [6, 6.07) is 20.9. The van der Waals surface area contributed by atoms with Crippen LogP contribution in [0, 0.1) is 12.7 Å². The third-order valence-corrected chi connectivity index (χ3v) is 7.47. The van der Waals surface area contributed by atoms with Crippen LogP contribution in [0.1, 0.15) is 29.5 Å². The summed E-state index contributed by atoms with van der Waals surface area (Å²) in [5.74, 6) is -1.19. The van der Waals surface area contributed by atoms with E-state index in [0.29, 0.717) is 37.4 Å². The summed E-state index contributed by atoms with van der Waals surface area (Å²) >= 11 is 0. The molecule has 1 N–H and O–H groups in total. The largest absolute Gasteiger partial charge is 0.489 e. The van der Waals surface area contributed by atoms with E-state index in [1.807, 2.05) is 16.7 Å². The molecule has 0 spiro atoms. The zero-order chi connectivity index (χ0) is 26.3. The summed E-state index contributed by atoms with van der Waals surface area (Å²) in [6.07, 6.45) is 4.29. The smallest absolute Gasteiger partial charge is 0.314 e. The van der Waals surface area contributed by atoms with Crippen LogP contribution in [0.5, 0.6) is 5.75 Å². The fourth-order valence-electron chi connectivity index (χ4n) is 5.41. The highest BCUT2D eigenvalue weighted by molar-refractivity contribution is 5.97. The molecule has 0 unspecified atom stereocenters. The number of fused-ring (bicyclic) bond motifs is 3. The van der Waals surface area contributed by atoms with Gasteiger partial charge in [0.05, 0.1) is 10.9 Å². The standard InChI is InChI=1S/C31H27FN2O4/c1-20-3-2-4-22(13-20)27-18-29-33-9-10-34(29)28-14-21(5-6-26(27)28)19-38-25-16-23(15-24(32)17-25)31(30(35)36)7-11-37-12-8-31/h2-6,9-10,13-18H,7-8,11-12,19H2,1H3,(H,35,36). The minimum atomic E-state index is -1.18. The molecular weight excluding hydrogens is 483 g/mol. The van der Waals surface area contributed by atoms with Gasteiger partial charge in [-0.25, -0.2) is 9.37 Å². The number of rotatable bonds is 6. The van der Waals surface area contributed by atoms with Gasteiger partial charge >= 0.3 is 5.97 Å². The third kappa shape index (κ3) is 4.29. The zero-order valence-corrected chi connectivity index (χ0v) is 21.0. The topological polar surface area (TPSA) is 73.1 Å². The van der Waals surface area contributed by atoms with Crippen LogP contribution in [0.3, 0.4) is 0 Å². The molecule has 1 aliphatic heterocycles. The lowest BCUT2D eigenvalue weighted by Crippen LogP contribution is -2.41. The number of aryl methyl sites for hydroxylation is 1. The van der Waals surface area contributed by atoms with Crippen LogP contribution in [-0.2, 0) is 21.6 Å². The number of hydrogen-bond donors (Lipinski definition) is 1. The van der Waals surface area contributed by atoms with Crippen LogP contribution < -0.4 is 4.74 Å². The molecule has 0 bridgehead atoms. The molecule has 1 saturated heterocycles. The van der Waals surface area contributed by atoms with Gasteiger partial charge in [-0.05, 0) is 66.3 Å². The van der Waals surface area contributed by atoms with Crippen molar-refractivity contribution in [3.63, 3.8) is 0 Å². The minimum absolute atomic E-state index is 0.201. The van der Waals surface area contributed by atoms with Gasteiger partial charge in [-0.1, -0.05) is 42.0 Å². The first kappa shape index (κ1) is 24.1. The molecule has 0 amide bonds. The Morgan fingerprint density at radius 1 is 1.11 bits per heavy atom. The molecule has 1 aliphatic rings. The normalized spacial score (nSPS) is 15.1. The van der Waals surface area contributed by atoms with E-state index in [2.05, 4.69) is 54.4 Å². The van der Waals surface area contributed by atoms with Crippen molar-refractivity contribution in [2.75, 3.05) is 13.2 Å². The SMILES string of the molecule is Cc1cccc(-c2cc3nccn3c3cc(COc4cc(F)cc(C5(C(=O)O)CCOCC5)c4)ccc23)c1. The molecule has 38 heavy (non-hydrogen) atoms. The Bertz CT molecular complexity index is 1670. The lowest BCUT2D eigenvalue weighted by Gasteiger charge is -2.33. The molecule has 6 nitrogen and oxygen atoms in total. The number of benzene rings is 3. The average Bonchev–Trinajstić information content (AvgIpc) is 3.40. The van der Waals surface area contributed by atoms with Crippen molar-refractivity contribution < 1.29 is 23.8 Å². The summed E-state index contributed by atoms with van der Waals surface area (Å²) in [4.78, 5) is 16.7. The van der Waals surface area contributed by atoms with Crippen LogP contribution in [-0.4, -0.2) is 33.7 Å². The lowest BCUT2D eigenvalue weighted by atomic mass is 9.74. The van der Waals surface area contributed by atoms with E-state index in [4.69, 9.17) is 9.47 Å². The van der Waals surface area contributed by atoms with Crippen LogP contribution in [0.25, 0.3) is 27.7 Å². The molecule has 0 atom stereocenters. The van der Waals surface area contributed by atoms with Gasteiger partial charge in [0.1, 0.15) is 23.8 Å². The fraction of sp³-hybridized carbons (Fsp3) is 0.226. The van der Waals surface area contributed by atoms with Gasteiger partial charge < -0.3 is 14.6 Å². The summed E-state index contributed by atoms with van der Waals surface area (Å²) in [7, 11) is 0. The van der Waals surface area contributed by atoms with Crippen LogP contribution in [0.15, 0.2) is 79.1 Å². The Balaban J connectivity index is 1.34. The molecule has 3 heterocycles. The predicted octanol–water partition coefficient (Wildman–Crippen LogP) is 6.31. The maximum Gasteiger partial charge on any atom is 0.314 e. The van der Waals surface area contributed by atoms with Gasteiger partial charge in [0.15, 0.2) is 0 Å². The molecule has 0 aliphatic carbocycles. The summed E-state index contributed by atoms with van der Waals surface area (Å²) in [5.41, 5.74) is 5.37. The molecule has 0 radical (unpaired) electrons. The number of pyridine rings is 1. The van der Waals surface area contributed by atoms with E-state index in [-0.39, 0.29) is 6.61 Å². The van der Waals surface area contributed by atoms with Crippen molar-refractivity contribution in [1.29, 1.82) is 0 Å². The quantitative estimate of drug-likeness (QED) is 0.290. The van der Waals surface area contributed by atoms with Crippen molar-refractivity contribution >= 4 is 22.5 Å². The van der Waals surface area contributed by atoms with Crippen LogP contribution in [0.2, 0.25) is 0 Å². The van der Waals surface area contributed by atoms with E-state index in [1.54, 1.807) is 12.3 Å². The van der Waals surface area contributed by atoms with Crippen molar-refractivity contribution in [1.82, 2.24) is 9.38 Å². The molecule has 6 rings (SSSR count). The second-order valence-electron chi connectivity index (χ2n) is 9.90. The molecule has 192 valence electrons. The van der Waals surface area contributed by atoms with Gasteiger partial charge in [-0.15, -0.1) is 0 Å². The molecular formula is C31H27FN2O4. The van der Waals surface area contributed by atoms with Crippen LogP contribution >= 0.6 is 0 Å². The molecule has 7 heteroatoms. The number of ether oxygens (including phenoxy) is 2. The average molecular weight is 511 g/mol. The van der Waals surface area contributed by atoms with Gasteiger partial charge in [0.2, 0.25) is 0 Å². The maximum atomic E-state index is 14.6. The van der Waals surface area contributed by atoms with Crippen LogP contribution in [0.4, 0.5) is 4.39 Å². The van der Waals surface area contributed by atoms with E-state index >= 15 is 0 Å². The first-order valence-corrected chi connectivity index (χ1v) is 12.6. The van der Waals surface area contributed by atoms with Gasteiger partial charge in [0.25, 0.3) is 0 Å². The number of nitrogens with zero attached hydrogens (tertiary/aromatic N) is 2. The highest BCUT2D eigenvalue weighted by atomic mass is 19.1. The molecule has 0 saturated carbocycles. The number of aromatic nitrogens is 2. The number of hydrogen-bond acceptors (Lipinski definition) is 4. The molecule has 3 aromatic carbocycles. The number of carboxylic acid groups (broad SMARTS) is 1. The first-order chi connectivity index (χ1) is 18.4. The predicted molar refractivity (Wildman–Crippen MR) is 143 cm³/mol. The number of aliphatic carboxylic acids is 1. The van der Waals surface area contributed by atoms with Crippen molar-refractivity contribution in [2.24, 2.45) is 0 Å². The number of halogens is 1. The maximum absolute atomic E-state index is 14.6. The monoisotopic (exact) mass is 510 g/mol. The fourth-order valence-corrected chi connectivity index (χ4v) is 5.41. The van der Waals surface area contributed by atoms with E-state index in [0.717, 1.165) is 33.2 Å². The number of carbonyl (C=O) groups is 1. The van der Waals surface area contributed by atoms with Crippen molar-refractivity contribution in [2.45, 2.75) is 31.8 Å². The second kappa shape index (κ2) is 9.58. The Morgan fingerprint density at radius 3 is 2.74 bits per heavy atom. The molecule has 2 aromatic heterocycles. The first-order valence-electron chi connectivity index (χ1n) is 12.6. The van der Waals surface area contributed by atoms with Gasteiger partial charge in [-0.3, -0.25) is 9.20 Å². The Labute approximate surface area is 219 Å². The Hall–Kier alpha value is -4.23. The second-order valence-corrected chi connectivity index (χ2v) is 9.90. The van der Waals surface area contributed by atoms with Gasteiger partial charge in [0, 0.05) is 37.1 Å². The molecule has 5 aromatic rings. The highest BCUT2D eigenvalue weighted by Gasteiger charge is 2.42. The summed E-state index contributed by atoms with van der Waals surface area (Å²) in [6.45, 7) is 2.92. The minimum Gasteiger partial charge on any atom is -0.489 e. The summed E-state index contributed by atoms with van der Waals surface area (Å²) < 4.78 is 28.0. The Morgan fingerprint density at radius 2 is 1.95 bits per heavy atom. The summed E-state index contributed by atoms with van der Waals surface area (Å²) in [5, 5.41) is 11.1. The number of carboxylic acids is 1. The number of imidazole rings is 1. The highest BCUT2D eigenvalue weighted by Crippen LogP contribution is 2.38. The lowest BCUT2D eigenvalue weighted by molar-refractivity contribution is -0.147. The van der Waals surface area contributed by atoms with Crippen molar-refractivity contribution in [3.05, 3.63) is 102 Å². The van der Waals surface area contributed by atoms with E-state index in [1.165, 1.54) is 17.7 Å². The third-order valence-electron chi connectivity index (χ3n) is 7.47. The molecule has 1 fully saturated rings. The zero-order valence-electron chi connectivity index (χ0n) is 21.0. The van der Waals surface area contributed by atoms with Gasteiger partial charge in [-0.2, -0.15) is 0 Å². The Kier molecular flexibility index (Phi) is 6.08. The van der Waals surface area contributed by atoms with E-state index in [9.17, 15) is 14.3 Å². The van der Waals surface area contributed by atoms with E-state index < -0.39 is 17.2 Å². The van der Waals surface area contributed by atoms with Crippen molar-refractivity contribution in [3.8, 4) is 16.9 Å².